The summed E-state index contributed by atoms with van der Waals surface area (Å²) in [6.07, 6.45) is 0. The normalized spacial score (nSPS) is 11.3. The molecule has 0 unspecified atom stereocenters. The Balaban J connectivity index is 1.23. The van der Waals surface area contributed by atoms with Crippen molar-refractivity contribution >= 4 is 49.9 Å². The average Bonchev–Trinajstić information content (AvgIpc) is 3.63. The van der Waals surface area contributed by atoms with Gasteiger partial charge in [0.2, 0.25) is 0 Å². The van der Waals surface area contributed by atoms with Crippen molar-refractivity contribution in [3.05, 3.63) is 200 Å². The van der Waals surface area contributed by atoms with Gasteiger partial charge in [-0.3, -0.25) is 0 Å². The second-order valence-electron chi connectivity index (χ2n) is 13.4. The molecule has 0 saturated carbocycles. The van der Waals surface area contributed by atoms with E-state index in [1.54, 1.807) is 0 Å². The SMILES string of the molecule is c1ccc(-c2ccc(N(c3ccc(-c4ccccc4)cc3)c3cc(-c4nc(-c5ccccc5)nc5ccccc45)cc4oc5ccccc5c34)cc2)cc1. The van der Waals surface area contributed by atoms with Gasteiger partial charge in [0.15, 0.2) is 5.82 Å². The Hall–Kier alpha value is -7.30. The molecule has 8 aromatic carbocycles. The molecular weight excluding hydrogens is 659 g/mol. The molecule has 4 nitrogen and oxygen atoms in total. The van der Waals surface area contributed by atoms with E-state index in [-0.39, 0.29) is 0 Å². The van der Waals surface area contributed by atoms with Crippen LogP contribution in [0, 0.1) is 0 Å². The lowest BCUT2D eigenvalue weighted by atomic mass is 9.99. The zero-order valence-electron chi connectivity index (χ0n) is 29.3. The van der Waals surface area contributed by atoms with Gasteiger partial charge in [0, 0.05) is 33.3 Å². The third-order valence-corrected chi connectivity index (χ3v) is 10.1. The van der Waals surface area contributed by atoms with Crippen molar-refractivity contribution in [2.24, 2.45) is 0 Å². The van der Waals surface area contributed by atoms with Gasteiger partial charge in [-0.15, -0.1) is 0 Å². The fourth-order valence-corrected chi connectivity index (χ4v) is 7.45. The number of nitrogens with zero attached hydrogens (tertiary/aromatic N) is 3. The van der Waals surface area contributed by atoms with E-state index in [4.69, 9.17) is 14.4 Å². The summed E-state index contributed by atoms with van der Waals surface area (Å²) in [6.45, 7) is 0. The molecule has 0 spiro atoms. The summed E-state index contributed by atoms with van der Waals surface area (Å²) < 4.78 is 6.69. The summed E-state index contributed by atoms with van der Waals surface area (Å²) in [5.74, 6) is 0.681. The lowest BCUT2D eigenvalue weighted by Crippen LogP contribution is -2.10. The van der Waals surface area contributed by atoms with Crippen LogP contribution in [0.2, 0.25) is 0 Å². The zero-order valence-corrected chi connectivity index (χ0v) is 29.3. The number of para-hydroxylation sites is 2. The van der Waals surface area contributed by atoms with E-state index >= 15 is 0 Å². The fourth-order valence-electron chi connectivity index (χ4n) is 7.45. The highest BCUT2D eigenvalue weighted by atomic mass is 16.3. The zero-order chi connectivity index (χ0) is 35.8. The third kappa shape index (κ3) is 5.67. The number of hydrogen-bond acceptors (Lipinski definition) is 4. The van der Waals surface area contributed by atoms with Gasteiger partial charge in [0.1, 0.15) is 11.2 Å². The summed E-state index contributed by atoms with van der Waals surface area (Å²) in [6, 6.07) is 69.8. The molecule has 54 heavy (non-hydrogen) atoms. The lowest BCUT2D eigenvalue weighted by molar-refractivity contribution is 0.669. The molecule has 0 N–H and O–H groups in total. The van der Waals surface area contributed by atoms with Gasteiger partial charge in [0.25, 0.3) is 0 Å². The minimum absolute atomic E-state index is 0.681. The van der Waals surface area contributed by atoms with Crippen molar-refractivity contribution in [2.75, 3.05) is 4.90 Å². The second kappa shape index (κ2) is 13.4. The van der Waals surface area contributed by atoms with E-state index < -0.39 is 0 Å². The first-order valence-electron chi connectivity index (χ1n) is 18.2. The van der Waals surface area contributed by atoms with Crippen LogP contribution in [0.3, 0.4) is 0 Å². The van der Waals surface area contributed by atoms with Crippen LogP contribution in [-0.4, -0.2) is 9.97 Å². The molecule has 0 aliphatic carbocycles. The van der Waals surface area contributed by atoms with E-state index in [2.05, 4.69) is 163 Å². The van der Waals surface area contributed by atoms with Crippen molar-refractivity contribution in [3.63, 3.8) is 0 Å². The topological polar surface area (TPSA) is 42.2 Å². The second-order valence-corrected chi connectivity index (χ2v) is 13.4. The summed E-state index contributed by atoms with van der Waals surface area (Å²) in [7, 11) is 0. The summed E-state index contributed by atoms with van der Waals surface area (Å²) in [5.41, 5.74) is 13.0. The molecule has 254 valence electrons. The highest BCUT2D eigenvalue weighted by Gasteiger charge is 2.23. The molecule has 0 aliphatic rings. The molecule has 10 aromatic rings. The van der Waals surface area contributed by atoms with Crippen molar-refractivity contribution in [1.82, 2.24) is 9.97 Å². The van der Waals surface area contributed by atoms with Crippen molar-refractivity contribution in [2.45, 2.75) is 0 Å². The summed E-state index contributed by atoms with van der Waals surface area (Å²) in [5, 5.41) is 3.07. The number of fused-ring (bicyclic) bond motifs is 4. The first-order valence-corrected chi connectivity index (χ1v) is 18.2. The molecule has 0 saturated heterocycles. The summed E-state index contributed by atoms with van der Waals surface area (Å²) >= 11 is 0. The Bertz CT molecular complexity index is 2820. The van der Waals surface area contributed by atoms with Crippen LogP contribution < -0.4 is 4.90 Å². The Morgan fingerprint density at radius 1 is 0.370 bits per heavy atom. The smallest absolute Gasteiger partial charge is 0.160 e. The first kappa shape index (κ1) is 31.4. The molecule has 2 aromatic heterocycles. The Kier molecular flexibility index (Phi) is 7.77. The molecule has 0 aliphatic heterocycles. The van der Waals surface area contributed by atoms with Gasteiger partial charge in [-0.1, -0.05) is 152 Å². The van der Waals surface area contributed by atoms with Gasteiger partial charge >= 0.3 is 0 Å². The van der Waals surface area contributed by atoms with Crippen LogP contribution >= 0.6 is 0 Å². The van der Waals surface area contributed by atoms with E-state index in [1.165, 1.54) is 11.1 Å². The lowest BCUT2D eigenvalue weighted by Gasteiger charge is -2.27. The minimum atomic E-state index is 0.681. The number of anilines is 3. The molecule has 0 atom stereocenters. The average molecular weight is 692 g/mol. The Morgan fingerprint density at radius 2 is 0.870 bits per heavy atom. The summed E-state index contributed by atoms with van der Waals surface area (Å²) in [4.78, 5) is 12.6. The van der Waals surface area contributed by atoms with E-state index in [9.17, 15) is 0 Å². The van der Waals surface area contributed by atoms with Gasteiger partial charge in [-0.05, 0) is 70.8 Å². The molecule has 0 amide bonds. The number of furan rings is 1. The van der Waals surface area contributed by atoms with E-state index in [1.807, 2.05) is 42.5 Å². The molecule has 0 radical (unpaired) electrons. The molecular formula is C50H33N3O. The predicted molar refractivity (Wildman–Crippen MR) is 223 cm³/mol. The van der Waals surface area contributed by atoms with Crippen molar-refractivity contribution in [1.29, 1.82) is 0 Å². The number of aromatic nitrogens is 2. The van der Waals surface area contributed by atoms with Crippen LogP contribution in [0.25, 0.3) is 77.7 Å². The van der Waals surface area contributed by atoms with Crippen molar-refractivity contribution < 1.29 is 4.42 Å². The maximum atomic E-state index is 6.69. The Labute approximate surface area is 313 Å². The highest BCUT2D eigenvalue weighted by Crippen LogP contribution is 2.46. The maximum Gasteiger partial charge on any atom is 0.160 e. The van der Waals surface area contributed by atoms with Gasteiger partial charge in [-0.2, -0.15) is 0 Å². The van der Waals surface area contributed by atoms with E-state index in [0.29, 0.717) is 5.82 Å². The van der Waals surface area contributed by atoms with Crippen LogP contribution in [0.4, 0.5) is 17.1 Å². The third-order valence-electron chi connectivity index (χ3n) is 10.1. The van der Waals surface area contributed by atoms with Gasteiger partial charge < -0.3 is 9.32 Å². The fraction of sp³-hybridized carbons (Fsp3) is 0. The number of rotatable bonds is 7. The monoisotopic (exact) mass is 691 g/mol. The molecule has 2 heterocycles. The van der Waals surface area contributed by atoms with Crippen LogP contribution in [0.1, 0.15) is 0 Å². The quantitative estimate of drug-likeness (QED) is 0.167. The number of hydrogen-bond donors (Lipinski definition) is 0. The van der Waals surface area contributed by atoms with Gasteiger partial charge in [0.05, 0.1) is 22.3 Å². The Morgan fingerprint density at radius 3 is 1.48 bits per heavy atom. The number of benzene rings is 8. The van der Waals surface area contributed by atoms with Crippen LogP contribution in [0.5, 0.6) is 0 Å². The maximum absolute atomic E-state index is 6.69. The predicted octanol–water partition coefficient (Wildman–Crippen LogP) is 13.7. The van der Waals surface area contributed by atoms with Crippen LogP contribution in [-0.2, 0) is 0 Å². The molecule has 0 fully saturated rings. The molecule has 10 rings (SSSR count). The van der Waals surface area contributed by atoms with E-state index in [0.717, 1.165) is 77.9 Å². The van der Waals surface area contributed by atoms with Crippen LogP contribution in [0.15, 0.2) is 205 Å². The molecule has 0 bridgehead atoms. The van der Waals surface area contributed by atoms with Crippen molar-refractivity contribution in [3.8, 4) is 44.9 Å². The first-order chi connectivity index (χ1) is 26.8. The standard InChI is InChI=1S/C50H33N3O/c1-4-14-34(15-5-1)36-24-28-40(29-25-36)53(41-30-26-37(27-31-41)35-16-6-2-7-17-35)45-32-39(33-47-48(45)43-21-11-13-23-46(43)54-47)49-42-20-10-12-22-44(42)51-50(52-49)38-18-8-3-9-19-38/h1-33H. The largest absolute Gasteiger partial charge is 0.456 e. The minimum Gasteiger partial charge on any atom is -0.456 e. The molecule has 4 heteroatoms. The van der Waals surface area contributed by atoms with Gasteiger partial charge in [-0.25, -0.2) is 9.97 Å². The highest BCUT2D eigenvalue weighted by molar-refractivity contribution is 6.15.